The highest BCUT2D eigenvalue weighted by atomic mass is 16.5. The Bertz CT molecular complexity index is 751. The van der Waals surface area contributed by atoms with Crippen LogP contribution in [0.4, 0.5) is 0 Å². The molecule has 3 aromatic rings. The van der Waals surface area contributed by atoms with E-state index < -0.39 is 0 Å². The minimum atomic E-state index is -0.359. The van der Waals surface area contributed by atoms with Crippen LogP contribution in [-0.2, 0) is 0 Å². The predicted molar refractivity (Wildman–Crippen MR) is 81.9 cm³/mol. The fourth-order valence-corrected chi connectivity index (χ4v) is 2.21. The van der Waals surface area contributed by atoms with Crippen LogP contribution in [-0.4, -0.2) is 21.5 Å². The molecule has 1 unspecified atom stereocenters. The number of aromatic nitrogens is 3. The summed E-state index contributed by atoms with van der Waals surface area (Å²) in [4.78, 5) is 15.1. The van der Waals surface area contributed by atoms with Crippen LogP contribution in [0.1, 0.15) is 33.4 Å². The lowest BCUT2D eigenvalue weighted by atomic mass is 10.1. The zero-order valence-corrected chi connectivity index (χ0v) is 12.1. The summed E-state index contributed by atoms with van der Waals surface area (Å²) in [6, 6.07) is 12.7. The molecule has 0 bridgehead atoms. The number of hydrogen-bond acceptors (Lipinski definition) is 4. The number of aryl methyl sites for hydroxylation is 1. The Morgan fingerprint density at radius 2 is 2.00 bits per heavy atom. The van der Waals surface area contributed by atoms with Crippen molar-refractivity contribution in [3.8, 4) is 5.75 Å². The molecule has 2 heterocycles. The van der Waals surface area contributed by atoms with Gasteiger partial charge < -0.3 is 4.74 Å². The quantitative estimate of drug-likeness (QED) is 0.734. The monoisotopic (exact) mass is 293 g/mol. The number of carbonyl (C=O) groups is 1. The largest absolute Gasteiger partial charge is 0.479 e. The highest BCUT2D eigenvalue weighted by Crippen LogP contribution is 2.28. The van der Waals surface area contributed by atoms with Gasteiger partial charge in [-0.2, -0.15) is 5.10 Å². The predicted octanol–water partition coefficient (Wildman–Crippen LogP) is 3.09. The van der Waals surface area contributed by atoms with Gasteiger partial charge in [0, 0.05) is 23.5 Å². The molecule has 0 fully saturated rings. The number of nitrogens with one attached hydrogen (secondary N) is 1. The second-order valence-electron chi connectivity index (χ2n) is 4.87. The molecule has 1 N–H and O–H groups in total. The summed E-state index contributed by atoms with van der Waals surface area (Å²) >= 11 is 0. The van der Waals surface area contributed by atoms with Gasteiger partial charge in [0.1, 0.15) is 12.0 Å². The van der Waals surface area contributed by atoms with E-state index in [1.807, 2.05) is 31.3 Å². The topological polar surface area (TPSA) is 67.9 Å². The molecule has 22 heavy (non-hydrogen) atoms. The van der Waals surface area contributed by atoms with Crippen LogP contribution in [0.2, 0.25) is 0 Å². The van der Waals surface area contributed by atoms with Crippen molar-refractivity contribution < 1.29 is 9.53 Å². The highest BCUT2D eigenvalue weighted by molar-refractivity contribution is 5.74. The number of H-pyrrole nitrogens is 1. The third-order valence-corrected chi connectivity index (χ3v) is 3.38. The number of benzene rings is 1. The Morgan fingerprint density at radius 3 is 2.59 bits per heavy atom. The number of carbonyl (C=O) groups excluding carboxylic acids is 1. The van der Waals surface area contributed by atoms with Crippen molar-refractivity contribution in [1.29, 1.82) is 0 Å². The van der Waals surface area contributed by atoms with E-state index in [1.165, 1.54) is 0 Å². The third kappa shape index (κ3) is 2.88. The lowest BCUT2D eigenvalue weighted by Gasteiger charge is -2.18. The van der Waals surface area contributed by atoms with Crippen molar-refractivity contribution in [3.63, 3.8) is 0 Å². The van der Waals surface area contributed by atoms with Gasteiger partial charge in [0.05, 0.1) is 11.4 Å². The van der Waals surface area contributed by atoms with E-state index >= 15 is 0 Å². The van der Waals surface area contributed by atoms with Crippen LogP contribution in [0.3, 0.4) is 0 Å². The molecule has 5 nitrogen and oxygen atoms in total. The number of aromatic amines is 1. The van der Waals surface area contributed by atoms with E-state index in [-0.39, 0.29) is 6.10 Å². The molecule has 0 spiro atoms. The summed E-state index contributed by atoms with van der Waals surface area (Å²) < 4.78 is 6.09. The van der Waals surface area contributed by atoms with Gasteiger partial charge in [-0.05, 0) is 43.3 Å². The number of pyridine rings is 1. The number of rotatable bonds is 5. The van der Waals surface area contributed by atoms with E-state index in [1.54, 1.807) is 30.5 Å². The molecule has 0 aliphatic carbocycles. The van der Waals surface area contributed by atoms with Crippen LogP contribution in [0.5, 0.6) is 5.75 Å². The average Bonchev–Trinajstić information content (AvgIpc) is 3.00. The maximum absolute atomic E-state index is 10.7. The van der Waals surface area contributed by atoms with Crippen molar-refractivity contribution in [2.75, 3.05) is 0 Å². The summed E-state index contributed by atoms with van der Waals surface area (Å²) in [6.07, 6.45) is 3.99. The second kappa shape index (κ2) is 6.22. The maximum atomic E-state index is 10.7. The zero-order valence-electron chi connectivity index (χ0n) is 12.1. The van der Waals surface area contributed by atoms with E-state index in [2.05, 4.69) is 15.2 Å². The van der Waals surface area contributed by atoms with Gasteiger partial charge in [0.15, 0.2) is 6.10 Å². The van der Waals surface area contributed by atoms with Crippen molar-refractivity contribution in [2.24, 2.45) is 0 Å². The molecule has 110 valence electrons. The summed E-state index contributed by atoms with van der Waals surface area (Å²) in [5, 5.41) is 7.00. The zero-order chi connectivity index (χ0) is 15.4. The third-order valence-electron chi connectivity index (χ3n) is 3.38. The van der Waals surface area contributed by atoms with Crippen LogP contribution < -0.4 is 4.74 Å². The summed E-state index contributed by atoms with van der Waals surface area (Å²) in [7, 11) is 0. The summed E-state index contributed by atoms with van der Waals surface area (Å²) in [6.45, 7) is 1.92. The SMILES string of the molecule is Cc1n[nH]cc1C(Oc1ccc(C=O)cc1)c1ccccn1. The average molecular weight is 293 g/mol. The molecule has 1 aromatic carbocycles. The number of nitrogens with zero attached hydrogens (tertiary/aromatic N) is 2. The molecule has 1 atom stereocenters. The van der Waals surface area contributed by atoms with Gasteiger partial charge in [-0.25, -0.2) is 0 Å². The van der Waals surface area contributed by atoms with E-state index in [9.17, 15) is 4.79 Å². The van der Waals surface area contributed by atoms with Crippen molar-refractivity contribution in [1.82, 2.24) is 15.2 Å². The standard InChI is InChI=1S/C17H15N3O2/c1-12-15(10-19-20-12)17(16-4-2-3-9-18-16)22-14-7-5-13(11-21)6-8-14/h2-11,17H,1H3,(H,19,20). The molecule has 0 saturated heterocycles. The van der Waals surface area contributed by atoms with Gasteiger partial charge in [-0.1, -0.05) is 6.07 Å². The molecule has 0 aliphatic heterocycles. The normalized spacial score (nSPS) is 11.9. The smallest absolute Gasteiger partial charge is 0.169 e. The first-order valence-electron chi connectivity index (χ1n) is 6.91. The highest BCUT2D eigenvalue weighted by Gasteiger charge is 2.21. The van der Waals surface area contributed by atoms with E-state index in [4.69, 9.17) is 4.74 Å². The maximum Gasteiger partial charge on any atom is 0.169 e. The van der Waals surface area contributed by atoms with Crippen LogP contribution in [0.15, 0.2) is 54.9 Å². The van der Waals surface area contributed by atoms with Crippen molar-refractivity contribution in [3.05, 3.63) is 77.4 Å². The first-order valence-corrected chi connectivity index (χ1v) is 6.91. The number of hydrogen-bond donors (Lipinski definition) is 1. The summed E-state index contributed by atoms with van der Waals surface area (Å²) in [5.41, 5.74) is 3.20. The van der Waals surface area contributed by atoms with Crippen LogP contribution in [0.25, 0.3) is 0 Å². The molecular weight excluding hydrogens is 278 g/mol. The van der Waals surface area contributed by atoms with Gasteiger partial charge in [0.25, 0.3) is 0 Å². The molecule has 5 heteroatoms. The van der Waals surface area contributed by atoms with Gasteiger partial charge in [-0.15, -0.1) is 0 Å². The van der Waals surface area contributed by atoms with Crippen molar-refractivity contribution in [2.45, 2.75) is 13.0 Å². The van der Waals surface area contributed by atoms with Gasteiger partial charge in [-0.3, -0.25) is 14.9 Å². The lowest BCUT2D eigenvalue weighted by Crippen LogP contribution is -2.11. The molecule has 0 radical (unpaired) electrons. The fourth-order valence-electron chi connectivity index (χ4n) is 2.21. The number of aldehydes is 1. The minimum Gasteiger partial charge on any atom is -0.479 e. The van der Waals surface area contributed by atoms with Gasteiger partial charge in [0.2, 0.25) is 0 Å². The van der Waals surface area contributed by atoms with Crippen LogP contribution in [0, 0.1) is 6.92 Å². The first kappa shape index (κ1) is 14.0. The lowest BCUT2D eigenvalue weighted by molar-refractivity contribution is 0.112. The van der Waals surface area contributed by atoms with Crippen molar-refractivity contribution >= 4 is 6.29 Å². The minimum absolute atomic E-state index is 0.359. The molecular formula is C17H15N3O2. The molecule has 0 aliphatic rings. The Kier molecular flexibility index (Phi) is 3.96. The van der Waals surface area contributed by atoms with E-state index in [0.29, 0.717) is 11.3 Å². The molecule has 0 amide bonds. The van der Waals surface area contributed by atoms with Gasteiger partial charge >= 0.3 is 0 Å². The van der Waals surface area contributed by atoms with Crippen LogP contribution >= 0.6 is 0 Å². The Balaban J connectivity index is 1.95. The number of ether oxygens (including phenoxy) is 1. The molecule has 3 rings (SSSR count). The molecule has 2 aromatic heterocycles. The first-order chi connectivity index (χ1) is 10.8. The fraction of sp³-hybridized carbons (Fsp3) is 0.118. The molecule has 0 saturated carbocycles. The Hall–Kier alpha value is -2.95. The second-order valence-corrected chi connectivity index (χ2v) is 4.87. The Labute approximate surface area is 128 Å². The van der Waals surface area contributed by atoms with E-state index in [0.717, 1.165) is 23.2 Å². The Morgan fingerprint density at radius 1 is 1.18 bits per heavy atom. The summed E-state index contributed by atoms with van der Waals surface area (Å²) in [5.74, 6) is 0.668.